The number of hydrogen-bond donors (Lipinski definition) is 2. The molecule has 0 aliphatic heterocycles. The Morgan fingerprint density at radius 3 is 2.86 bits per heavy atom. The first kappa shape index (κ1) is 14.1. The van der Waals surface area contributed by atoms with Crippen molar-refractivity contribution in [2.24, 2.45) is 5.92 Å². The highest BCUT2D eigenvalue weighted by molar-refractivity contribution is 7.20. The van der Waals surface area contributed by atoms with Gasteiger partial charge in [-0.05, 0) is 36.5 Å². The molecular formula is C16H19N3OS. The van der Waals surface area contributed by atoms with Gasteiger partial charge < -0.3 is 11.1 Å². The summed E-state index contributed by atoms with van der Waals surface area (Å²) in [6, 6.07) is 6.42. The lowest BCUT2D eigenvalue weighted by Crippen LogP contribution is -2.17. The molecular weight excluding hydrogens is 282 g/mol. The fourth-order valence-electron chi connectivity index (χ4n) is 2.56. The lowest BCUT2D eigenvalue weighted by atomic mass is 10.0. The summed E-state index contributed by atoms with van der Waals surface area (Å²) in [7, 11) is 0. The molecule has 110 valence electrons. The van der Waals surface area contributed by atoms with E-state index in [0.717, 1.165) is 24.1 Å². The minimum absolute atomic E-state index is 0.0377. The second-order valence-electron chi connectivity index (χ2n) is 5.71. The Balaban J connectivity index is 1.89. The molecule has 0 unspecified atom stereocenters. The van der Waals surface area contributed by atoms with E-state index < -0.39 is 0 Å². The summed E-state index contributed by atoms with van der Waals surface area (Å²) >= 11 is 1.32. The molecule has 0 atom stereocenters. The normalized spacial score (nSPS) is 13.5. The summed E-state index contributed by atoms with van der Waals surface area (Å²) in [5.41, 5.74) is 10.7. The highest BCUT2D eigenvalue weighted by Crippen LogP contribution is 2.35. The van der Waals surface area contributed by atoms with E-state index in [1.807, 2.05) is 13.8 Å². The van der Waals surface area contributed by atoms with Crippen LogP contribution in [0.3, 0.4) is 0 Å². The van der Waals surface area contributed by atoms with E-state index in [1.165, 1.54) is 28.9 Å². The Labute approximate surface area is 128 Å². The number of carbonyl (C=O) groups excluding carboxylic acids is 1. The van der Waals surface area contributed by atoms with Gasteiger partial charge in [0.15, 0.2) is 5.13 Å². The first-order valence-electron chi connectivity index (χ1n) is 7.24. The molecule has 1 heterocycles. The molecule has 0 spiro atoms. The van der Waals surface area contributed by atoms with E-state index in [9.17, 15) is 4.79 Å². The van der Waals surface area contributed by atoms with Crippen molar-refractivity contribution in [2.45, 2.75) is 33.1 Å². The largest absolute Gasteiger partial charge is 0.389 e. The number of hydrogen-bond acceptors (Lipinski definition) is 4. The molecule has 1 aliphatic rings. The van der Waals surface area contributed by atoms with Crippen molar-refractivity contribution < 1.29 is 4.79 Å². The van der Waals surface area contributed by atoms with Gasteiger partial charge in [-0.25, -0.2) is 4.98 Å². The Morgan fingerprint density at radius 2 is 2.10 bits per heavy atom. The van der Waals surface area contributed by atoms with Crippen LogP contribution in [-0.4, -0.2) is 10.9 Å². The van der Waals surface area contributed by atoms with Crippen LogP contribution in [0.4, 0.5) is 10.1 Å². The molecule has 1 amide bonds. The number of aromatic nitrogens is 1. The Hall–Kier alpha value is -1.88. The van der Waals surface area contributed by atoms with Gasteiger partial charge in [0.2, 0.25) is 5.91 Å². The third-order valence-corrected chi connectivity index (χ3v) is 4.58. The van der Waals surface area contributed by atoms with Gasteiger partial charge in [0.1, 0.15) is 10.7 Å². The topological polar surface area (TPSA) is 68.0 Å². The molecule has 3 N–H and O–H groups in total. The number of rotatable bonds is 3. The monoisotopic (exact) mass is 301 g/mol. The molecule has 1 aromatic heterocycles. The number of amides is 1. The van der Waals surface area contributed by atoms with Crippen LogP contribution in [-0.2, 0) is 17.6 Å². The number of fused-ring (bicyclic) bond motifs is 1. The molecule has 21 heavy (non-hydrogen) atoms. The van der Waals surface area contributed by atoms with Gasteiger partial charge in [0.05, 0.1) is 0 Å². The SMILES string of the molecule is CC(C)C(=O)Nc1nc(-c2ccc3c(c2)CCC3)c(N)s1. The molecule has 1 aliphatic carbocycles. The zero-order valence-corrected chi connectivity index (χ0v) is 13.1. The van der Waals surface area contributed by atoms with E-state index in [0.29, 0.717) is 10.1 Å². The zero-order chi connectivity index (χ0) is 15.0. The fraction of sp³-hybridized carbons (Fsp3) is 0.375. The van der Waals surface area contributed by atoms with E-state index in [1.54, 1.807) is 0 Å². The van der Waals surface area contributed by atoms with Gasteiger partial charge in [-0.15, -0.1) is 0 Å². The predicted octanol–water partition coefficient (Wildman–Crippen LogP) is 3.48. The maximum atomic E-state index is 11.7. The smallest absolute Gasteiger partial charge is 0.228 e. The molecule has 4 nitrogen and oxygen atoms in total. The average Bonchev–Trinajstić information content (AvgIpc) is 3.04. The standard InChI is InChI=1S/C16H19N3OS/c1-9(2)15(20)19-16-18-13(14(17)21-16)12-7-6-10-4-3-5-11(10)8-12/h6-9H,3-5,17H2,1-2H3,(H,18,19,20). The number of carbonyl (C=O) groups is 1. The van der Waals surface area contributed by atoms with Gasteiger partial charge in [-0.3, -0.25) is 4.79 Å². The first-order valence-corrected chi connectivity index (χ1v) is 8.05. The summed E-state index contributed by atoms with van der Waals surface area (Å²) in [5, 5.41) is 4.03. The zero-order valence-electron chi connectivity index (χ0n) is 12.3. The van der Waals surface area contributed by atoms with Crippen LogP contribution in [0.1, 0.15) is 31.4 Å². The molecule has 2 aromatic rings. The highest BCUT2D eigenvalue weighted by Gasteiger charge is 2.17. The summed E-state index contributed by atoms with van der Waals surface area (Å²) in [6.45, 7) is 3.71. The number of benzene rings is 1. The number of anilines is 2. The van der Waals surface area contributed by atoms with E-state index in [4.69, 9.17) is 5.73 Å². The summed E-state index contributed by atoms with van der Waals surface area (Å²) in [4.78, 5) is 16.2. The summed E-state index contributed by atoms with van der Waals surface area (Å²) < 4.78 is 0. The average molecular weight is 301 g/mol. The summed E-state index contributed by atoms with van der Waals surface area (Å²) in [5.74, 6) is -0.108. The van der Waals surface area contributed by atoms with Crippen molar-refractivity contribution >= 4 is 27.4 Å². The molecule has 3 rings (SSSR count). The fourth-order valence-corrected chi connectivity index (χ4v) is 3.32. The van der Waals surface area contributed by atoms with Crippen molar-refractivity contribution in [1.82, 2.24) is 4.98 Å². The second-order valence-corrected chi connectivity index (χ2v) is 6.74. The van der Waals surface area contributed by atoms with Gasteiger partial charge in [-0.1, -0.05) is 37.3 Å². The highest BCUT2D eigenvalue weighted by atomic mass is 32.1. The number of aryl methyl sites for hydroxylation is 2. The minimum atomic E-state index is -0.0708. The lowest BCUT2D eigenvalue weighted by molar-refractivity contribution is -0.118. The Bertz CT molecular complexity index is 691. The molecule has 0 radical (unpaired) electrons. The van der Waals surface area contributed by atoms with Crippen molar-refractivity contribution in [1.29, 1.82) is 0 Å². The van der Waals surface area contributed by atoms with Gasteiger partial charge >= 0.3 is 0 Å². The van der Waals surface area contributed by atoms with E-state index in [-0.39, 0.29) is 11.8 Å². The first-order chi connectivity index (χ1) is 10.0. The number of nitrogens with zero attached hydrogens (tertiary/aromatic N) is 1. The van der Waals surface area contributed by atoms with Crippen LogP contribution >= 0.6 is 11.3 Å². The van der Waals surface area contributed by atoms with Crippen molar-refractivity contribution in [3.05, 3.63) is 29.3 Å². The summed E-state index contributed by atoms with van der Waals surface area (Å²) in [6.07, 6.45) is 3.52. The molecule has 0 saturated heterocycles. The van der Waals surface area contributed by atoms with Crippen LogP contribution < -0.4 is 11.1 Å². The minimum Gasteiger partial charge on any atom is -0.389 e. The Morgan fingerprint density at radius 1 is 1.33 bits per heavy atom. The van der Waals surface area contributed by atoms with E-state index in [2.05, 4.69) is 28.5 Å². The Kier molecular flexibility index (Phi) is 3.68. The van der Waals surface area contributed by atoms with Gasteiger partial charge in [0, 0.05) is 11.5 Å². The molecule has 5 heteroatoms. The molecule has 0 saturated carbocycles. The quantitative estimate of drug-likeness (QED) is 0.912. The number of nitrogen functional groups attached to an aromatic ring is 1. The van der Waals surface area contributed by atoms with Gasteiger partial charge in [-0.2, -0.15) is 0 Å². The van der Waals surface area contributed by atoms with Crippen LogP contribution in [0, 0.1) is 5.92 Å². The van der Waals surface area contributed by atoms with Crippen molar-refractivity contribution in [3.63, 3.8) is 0 Å². The van der Waals surface area contributed by atoms with Crippen molar-refractivity contribution in [3.8, 4) is 11.3 Å². The maximum absolute atomic E-state index is 11.7. The third kappa shape index (κ3) is 2.78. The van der Waals surface area contributed by atoms with Crippen LogP contribution in [0.5, 0.6) is 0 Å². The predicted molar refractivity (Wildman–Crippen MR) is 87.5 cm³/mol. The van der Waals surface area contributed by atoms with Crippen LogP contribution in [0.15, 0.2) is 18.2 Å². The van der Waals surface area contributed by atoms with Gasteiger partial charge in [0.25, 0.3) is 0 Å². The van der Waals surface area contributed by atoms with Crippen LogP contribution in [0.25, 0.3) is 11.3 Å². The van der Waals surface area contributed by atoms with Crippen LogP contribution in [0.2, 0.25) is 0 Å². The number of nitrogens with one attached hydrogen (secondary N) is 1. The maximum Gasteiger partial charge on any atom is 0.228 e. The van der Waals surface area contributed by atoms with E-state index >= 15 is 0 Å². The molecule has 0 fully saturated rings. The van der Waals surface area contributed by atoms with Crippen molar-refractivity contribution in [2.75, 3.05) is 11.1 Å². The lowest BCUT2D eigenvalue weighted by Gasteiger charge is -2.04. The number of nitrogens with two attached hydrogens (primary N) is 1. The molecule has 0 bridgehead atoms. The second kappa shape index (κ2) is 5.48. The number of thiazole rings is 1. The molecule has 1 aromatic carbocycles. The third-order valence-electron chi connectivity index (χ3n) is 3.78.